The molecule has 0 aliphatic carbocycles. The topological polar surface area (TPSA) is 75.7 Å². The van der Waals surface area contributed by atoms with Crippen LogP contribution in [-0.2, 0) is 14.8 Å². The third kappa shape index (κ3) is 4.88. The van der Waals surface area contributed by atoms with Gasteiger partial charge in [0.05, 0.1) is 4.90 Å². The van der Waals surface area contributed by atoms with Crippen molar-refractivity contribution in [2.75, 3.05) is 18.4 Å². The first-order valence-corrected chi connectivity index (χ1v) is 10.6. The van der Waals surface area contributed by atoms with Crippen LogP contribution in [-0.4, -0.2) is 37.8 Å². The zero-order valence-corrected chi connectivity index (χ0v) is 16.4. The fourth-order valence-electron chi connectivity index (χ4n) is 2.98. The number of hydrogen-bond acceptors (Lipinski definition) is 4. The van der Waals surface area contributed by atoms with Crippen molar-refractivity contribution < 1.29 is 22.3 Å². The Labute approximate surface area is 164 Å². The number of sulfonamides is 1. The first-order valence-electron chi connectivity index (χ1n) is 9.19. The van der Waals surface area contributed by atoms with E-state index in [2.05, 4.69) is 5.32 Å². The van der Waals surface area contributed by atoms with Crippen LogP contribution in [0.1, 0.15) is 26.2 Å². The second-order valence-corrected chi connectivity index (χ2v) is 8.63. The molecule has 1 saturated heterocycles. The Kier molecular flexibility index (Phi) is 6.31. The number of nitrogens with zero attached hydrogens (tertiary/aromatic N) is 1. The van der Waals surface area contributed by atoms with Gasteiger partial charge in [-0.15, -0.1) is 0 Å². The second kappa shape index (κ2) is 8.70. The number of nitrogens with one attached hydrogen (secondary N) is 1. The number of anilines is 1. The Morgan fingerprint density at radius 2 is 1.64 bits per heavy atom. The number of amides is 1. The van der Waals surface area contributed by atoms with Crippen molar-refractivity contribution in [3.63, 3.8) is 0 Å². The summed E-state index contributed by atoms with van der Waals surface area (Å²) in [5.41, 5.74) is 0.470. The van der Waals surface area contributed by atoms with Gasteiger partial charge in [0.1, 0.15) is 11.6 Å². The maximum atomic E-state index is 12.9. The monoisotopic (exact) mass is 406 g/mol. The lowest BCUT2D eigenvalue weighted by Crippen LogP contribution is -2.35. The minimum atomic E-state index is -3.50. The third-order valence-corrected chi connectivity index (χ3v) is 6.48. The van der Waals surface area contributed by atoms with Crippen LogP contribution in [0.2, 0.25) is 0 Å². The third-order valence-electron chi connectivity index (χ3n) is 4.57. The summed E-state index contributed by atoms with van der Waals surface area (Å²) >= 11 is 0. The van der Waals surface area contributed by atoms with Crippen molar-refractivity contribution in [1.82, 2.24) is 4.31 Å². The molecule has 0 unspecified atom stereocenters. The summed E-state index contributed by atoms with van der Waals surface area (Å²) in [5, 5.41) is 2.69. The fraction of sp³-hybridized carbons (Fsp3) is 0.350. The van der Waals surface area contributed by atoms with Crippen LogP contribution in [0, 0.1) is 5.82 Å². The molecule has 0 saturated carbocycles. The smallest absolute Gasteiger partial charge is 0.265 e. The molecule has 1 amide bonds. The zero-order chi connectivity index (χ0) is 20.1. The summed E-state index contributed by atoms with van der Waals surface area (Å²) in [5.74, 6) is -0.396. The maximum Gasteiger partial charge on any atom is 0.265 e. The number of halogens is 1. The van der Waals surface area contributed by atoms with Crippen LogP contribution in [0.25, 0.3) is 0 Å². The van der Waals surface area contributed by atoms with Crippen molar-refractivity contribution in [3.05, 3.63) is 54.3 Å². The minimum Gasteiger partial charge on any atom is -0.481 e. The molecule has 28 heavy (non-hydrogen) atoms. The van der Waals surface area contributed by atoms with Crippen LogP contribution < -0.4 is 10.1 Å². The molecule has 1 aliphatic heterocycles. The van der Waals surface area contributed by atoms with Gasteiger partial charge in [0.25, 0.3) is 5.91 Å². The van der Waals surface area contributed by atoms with Gasteiger partial charge in [-0.25, -0.2) is 12.8 Å². The summed E-state index contributed by atoms with van der Waals surface area (Å²) < 4.78 is 45.2. The van der Waals surface area contributed by atoms with E-state index in [4.69, 9.17) is 4.74 Å². The number of carbonyl (C=O) groups excluding carboxylic acids is 1. The predicted octanol–water partition coefficient (Wildman–Crippen LogP) is 3.41. The van der Waals surface area contributed by atoms with E-state index in [0.29, 0.717) is 24.5 Å². The quantitative estimate of drug-likeness (QED) is 0.798. The normalized spacial score (nSPS) is 16.4. The highest BCUT2D eigenvalue weighted by Crippen LogP contribution is 2.22. The van der Waals surface area contributed by atoms with Crippen molar-refractivity contribution >= 4 is 21.6 Å². The van der Waals surface area contributed by atoms with Crippen molar-refractivity contribution in [2.24, 2.45) is 0 Å². The minimum absolute atomic E-state index is 0.211. The van der Waals surface area contributed by atoms with Crippen molar-refractivity contribution in [2.45, 2.75) is 37.2 Å². The predicted molar refractivity (Wildman–Crippen MR) is 104 cm³/mol. The number of piperidine rings is 1. The van der Waals surface area contributed by atoms with Crippen LogP contribution >= 0.6 is 0 Å². The molecule has 0 spiro atoms. The molecule has 2 aromatic rings. The highest BCUT2D eigenvalue weighted by molar-refractivity contribution is 7.89. The van der Waals surface area contributed by atoms with Gasteiger partial charge >= 0.3 is 0 Å². The van der Waals surface area contributed by atoms with Gasteiger partial charge in [-0.3, -0.25) is 4.79 Å². The molecule has 3 rings (SSSR count). The Hall–Kier alpha value is -2.45. The van der Waals surface area contributed by atoms with E-state index < -0.39 is 22.0 Å². The standard InChI is InChI=1S/C20H23FN2O4S/c1-15(27-18-9-5-16(21)6-10-18)20(24)22-17-7-11-19(12-8-17)28(25,26)23-13-3-2-4-14-23/h5-12,15H,2-4,13-14H2,1H3,(H,22,24)/t15-/m0/s1. The molecule has 6 nitrogen and oxygen atoms in total. The Bertz CT molecular complexity index is 908. The van der Waals surface area contributed by atoms with E-state index in [-0.39, 0.29) is 10.7 Å². The molecule has 0 bridgehead atoms. The van der Waals surface area contributed by atoms with Gasteiger partial charge in [-0.1, -0.05) is 6.42 Å². The highest BCUT2D eigenvalue weighted by Gasteiger charge is 2.25. The summed E-state index contributed by atoms with van der Waals surface area (Å²) in [6, 6.07) is 11.5. The molecule has 1 heterocycles. The second-order valence-electron chi connectivity index (χ2n) is 6.69. The molecule has 150 valence electrons. The molecule has 2 aromatic carbocycles. The summed E-state index contributed by atoms with van der Waals surface area (Å²) in [6.45, 7) is 2.66. The average Bonchev–Trinajstić information content (AvgIpc) is 2.70. The molecule has 0 aromatic heterocycles. The van der Waals surface area contributed by atoms with Gasteiger partial charge in [-0.05, 0) is 68.3 Å². The molecule has 1 fully saturated rings. The van der Waals surface area contributed by atoms with Crippen LogP contribution in [0.15, 0.2) is 53.4 Å². The van der Waals surface area contributed by atoms with E-state index in [1.807, 2.05) is 0 Å². The summed E-state index contributed by atoms with van der Waals surface area (Å²) in [6.07, 6.45) is 2.00. The first kappa shape index (κ1) is 20.3. The molecule has 0 radical (unpaired) electrons. The van der Waals surface area contributed by atoms with E-state index in [1.165, 1.54) is 40.7 Å². The number of hydrogen-bond donors (Lipinski definition) is 1. The number of ether oxygens (including phenoxy) is 1. The van der Waals surface area contributed by atoms with Gasteiger partial charge in [0.2, 0.25) is 10.0 Å². The first-order chi connectivity index (χ1) is 13.4. The SMILES string of the molecule is C[C@H](Oc1ccc(F)cc1)C(=O)Nc1ccc(S(=O)(=O)N2CCCCC2)cc1. The van der Waals surface area contributed by atoms with E-state index in [0.717, 1.165) is 19.3 Å². The molecule has 8 heteroatoms. The summed E-state index contributed by atoms with van der Waals surface area (Å²) in [7, 11) is -3.50. The van der Waals surface area contributed by atoms with Gasteiger partial charge in [0, 0.05) is 18.8 Å². The lowest BCUT2D eigenvalue weighted by molar-refractivity contribution is -0.122. The van der Waals surface area contributed by atoms with Crippen LogP contribution in [0.5, 0.6) is 5.75 Å². The average molecular weight is 406 g/mol. The molecule has 1 aliphatic rings. The summed E-state index contributed by atoms with van der Waals surface area (Å²) in [4.78, 5) is 12.5. The van der Waals surface area contributed by atoms with Gasteiger partial charge in [0.15, 0.2) is 6.10 Å². The number of benzene rings is 2. The van der Waals surface area contributed by atoms with Crippen molar-refractivity contribution in [1.29, 1.82) is 0 Å². The highest BCUT2D eigenvalue weighted by atomic mass is 32.2. The van der Waals surface area contributed by atoms with Gasteiger partial charge < -0.3 is 10.1 Å². The molecule has 1 atom stereocenters. The lowest BCUT2D eigenvalue weighted by Gasteiger charge is -2.25. The molecular weight excluding hydrogens is 383 g/mol. The lowest BCUT2D eigenvalue weighted by atomic mass is 10.2. The van der Waals surface area contributed by atoms with Gasteiger partial charge in [-0.2, -0.15) is 4.31 Å². The van der Waals surface area contributed by atoms with Crippen LogP contribution in [0.3, 0.4) is 0 Å². The van der Waals surface area contributed by atoms with Crippen LogP contribution in [0.4, 0.5) is 10.1 Å². The molecule has 1 N–H and O–H groups in total. The van der Waals surface area contributed by atoms with E-state index in [1.54, 1.807) is 19.1 Å². The molecular formula is C20H23FN2O4S. The van der Waals surface area contributed by atoms with E-state index >= 15 is 0 Å². The Balaban J connectivity index is 1.61. The fourth-order valence-corrected chi connectivity index (χ4v) is 4.50. The number of rotatable bonds is 6. The van der Waals surface area contributed by atoms with Crippen molar-refractivity contribution in [3.8, 4) is 5.75 Å². The largest absolute Gasteiger partial charge is 0.481 e. The Morgan fingerprint density at radius 3 is 2.25 bits per heavy atom. The Morgan fingerprint density at radius 1 is 1.04 bits per heavy atom. The maximum absolute atomic E-state index is 12.9. The zero-order valence-electron chi connectivity index (χ0n) is 15.6. The number of carbonyl (C=O) groups is 1. The van der Waals surface area contributed by atoms with E-state index in [9.17, 15) is 17.6 Å².